The fourth-order valence-corrected chi connectivity index (χ4v) is 3.63. The molecule has 1 heterocycles. The predicted molar refractivity (Wildman–Crippen MR) is 55.0 cm³/mol. The standard InChI is InChI=1S/C11H21NO2/c1-12-6-10(8-13)4-2-3-5-11(10,7-12)9-14/h13-14H,2-9H2,1H3. The summed E-state index contributed by atoms with van der Waals surface area (Å²) in [7, 11) is 2.09. The van der Waals surface area contributed by atoms with E-state index in [4.69, 9.17) is 0 Å². The van der Waals surface area contributed by atoms with E-state index in [9.17, 15) is 10.2 Å². The molecule has 1 saturated carbocycles. The summed E-state index contributed by atoms with van der Waals surface area (Å²) in [6, 6.07) is 0. The molecule has 0 aromatic heterocycles. The first-order valence-electron chi connectivity index (χ1n) is 5.58. The van der Waals surface area contributed by atoms with E-state index in [2.05, 4.69) is 11.9 Å². The lowest BCUT2D eigenvalue weighted by Crippen LogP contribution is -2.48. The third-order valence-corrected chi connectivity index (χ3v) is 4.44. The van der Waals surface area contributed by atoms with Crippen LogP contribution in [-0.2, 0) is 0 Å². The highest BCUT2D eigenvalue weighted by Gasteiger charge is 2.56. The third-order valence-electron chi connectivity index (χ3n) is 4.44. The van der Waals surface area contributed by atoms with Gasteiger partial charge in [-0.3, -0.25) is 0 Å². The van der Waals surface area contributed by atoms with Crippen molar-refractivity contribution in [3.8, 4) is 0 Å². The second-order valence-electron chi connectivity index (χ2n) is 5.26. The van der Waals surface area contributed by atoms with Gasteiger partial charge in [-0.25, -0.2) is 0 Å². The largest absolute Gasteiger partial charge is 0.396 e. The van der Waals surface area contributed by atoms with Gasteiger partial charge in [-0.2, -0.15) is 0 Å². The van der Waals surface area contributed by atoms with Crippen LogP contribution in [0.5, 0.6) is 0 Å². The molecule has 3 heteroatoms. The Morgan fingerprint density at radius 1 is 1.00 bits per heavy atom. The van der Waals surface area contributed by atoms with Crippen molar-refractivity contribution in [2.75, 3.05) is 33.4 Å². The number of likely N-dealkylation sites (tertiary alicyclic amines) is 1. The molecule has 0 radical (unpaired) electrons. The summed E-state index contributed by atoms with van der Waals surface area (Å²) in [6.07, 6.45) is 4.56. The van der Waals surface area contributed by atoms with Gasteiger partial charge in [0.15, 0.2) is 0 Å². The van der Waals surface area contributed by atoms with Gasteiger partial charge in [-0.05, 0) is 19.9 Å². The summed E-state index contributed by atoms with van der Waals surface area (Å²) in [5, 5.41) is 19.3. The highest BCUT2D eigenvalue weighted by molar-refractivity contribution is 5.07. The molecule has 2 aliphatic rings. The van der Waals surface area contributed by atoms with E-state index in [0.29, 0.717) is 0 Å². The number of hydrogen-bond donors (Lipinski definition) is 2. The molecule has 1 aliphatic carbocycles. The minimum absolute atomic E-state index is 0.0191. The second-order valence-corrected chi connectivity index (χ2v) is 5.26. The number of nitrogens with zero attached hydrogens (tertiary/aromatic N) is 1. The first-order valence-corrected chi connectivity index (χ1v) is 5.58. The van der Waals surface area contributed by atoms with Gasteiger partial charge in [0.2, 0.25) is 0 Å². The van der Waals surface area contributed by atoms with Gasteiger partial charge in [0.05, 0.1) is 13.2 Å². The van der Waals surface area contributed by atoms with Crippen LogP contribution < -0.4 is 0 Å². The summed E-state index contributed by atoms with van der Waals surface area (Å²) in [5.74, 6) is 0. The fraction of sp³-hybridized carbons (Fsp3) is 1.00. The number of hydrogen-bond acceptors (Lipinski definition) is 3. The highest BCUT2D eigenvalue weighted by Crippen LogP contribution is 2.54. The lowest BCUT2D eigenvalue weighted by Gasteiger charge is -2.46. The lowest BCUT2D eigenvalue weighted by atomic mass is 9.58. The van der Waals surface area contributed by atoms with Gasteiger partial charge < -0.3 is 15.1 Å². The molecule has 2 unspecified atom stereocenters. The van der Waals surface area contributed by atoms with Crippen molar-refractivity contribution in [2.45, 2.75) is 25.7 Å². The minimum atomic E-state index is -0.0191. The van der Waals surface area contributed by atoms with Crippen LogP contribution in [0.1, 0.15) is 25.7 Å². The van der Waals surface area contributed by atoms with Crippen molar-refractivity contribution in [1.29, 1.82) is 0 Å². The van der Waals surface area contributed by atoms with Crippen LogP contribution in [-0.4, -0.2) is 48.5 Å². The SMILES string of the molecule is CN1CC2(CO)CCCCC2(CO)C1. The molecule has 2 rings (SSSR count). The molecule has 1 aliphatic heterocycles. The monoisotopic (exact) mass is 199 g/mol. The van der Waals surface area contributed by atoms with E-state index in [0.717, 1.165) is 25.9 Å². The summed E-state index contributed by atoms with van der Waals surface area (Å²) in [6.45, 7) is 2.36. The summed E-state index contributed by atoms with van der Waals surface area (Å²) < 4.78 is 0. The van der Waals surface area contributed by atoms with Crippen LogP contribution in [0.2, 0.25) is 0 Å². The van der Waals surface area contributed by atoms with Crippen LogP contribution in [0, 0.1) is 10.8 Å². The molecule has 14 heavy (non-hydrogen) atoms. The smallest absolute Gasteiger partial charge is 0.0506 e. The Hall–Kier alpha value is -0.120. The number of fused-ring (bicyclic) bond motifs is 1. The molecule has 2 atom stereocenters. The summed E-state index contributed by atoms with van der Waals surface area (Å²) in [5.41, 5.74) is -0.0382. The molecule has 2 N–H and O–H groups in total. The normalized spacial score (nSPS) is 43.9. The summed E-state index contributed by atoms with van der Waals surface area (Å²) >= 11 is 0. The van der Waals surface area contributed by atoms with Crippen LogP contribution in [0.4, 0.5) is 0 Å². The molecule has 3 nitrogen and oxygen atoms in total. The van der Waals surface area contributed by atoms with E-state index in [1.165, 1.54) is 12.8 Å². The quantitative estimate of drug-likeness (QED) is 0.679. The van der Waals surface area contributed by atoms with E-state index >= 15 is 0 Å². The molecule has 82 valence electrons. The van der Waals surface area contributed by atoms with Crippen molar-refractivity contribution in [3.05, 3.63) is 0 Å². The first kappa shape index (κ1) is 10.4. The van der Waals surface area contributed by atoms with Gasteiger partial charge in [-0.15, -0.1) is 0 Å². The number of rotatable bonds is 2. The van der Waals surface area contributed by atoms with Crippen molar-refractivity contribution < 1.29 is 10.2 Å². The molecule has 0 spiro atoms. The molecule has 1 saturated heterocycles. The Morgan fingerprint density at radius 3 is 1.79 bits per heavy atom. The Morgan fingerprint density at radius 2 is 1.43 bits per heavy atom. The van der Waals surface area contributed by atoms with Gasteiger partial charge >= 0.3 is 0 Å². The predicted octanol–water partition coefficient (Wildman–Crippen LogP) is 0.463. The maximum Gasteiger partial charge on any atom is 0.0506 e. The van der Waals surface area contributed by atoms with E-state index in [-0.39, 0.29) is 24.0 Å². The van der Waals surface area contributed by atoms with Crippen molar-refractivity contribution in [3.63, 3.8) is 0 Å². The number of aliphatic hydroxyl groups is 2. The van der Waals surface area contributed by atoms with Crippen molar-refractivity contribution in [2.24, 2.45) is 10.8 Å². The lowest BCUT2D eigenvalue weighted by molar-refractivity contribution is -0.0490. The number of aliphatic hydroxyl groups excluding tert-OH is 2. The zero-order valence-corrected chi connectivity index (χ0v) is 9.00. The maximum atomic E-state index is 9.63. The Bertz CT molecular complexity index is 199. The molecule has 2 fully saturated rings. The zero-order chi connectivity index (χ0) is 10.2. The van der Waals surface area contributed by atoms with Crippen LogP contribution >= 0.6 is 0 Å². The molecule has 0 aromatic rings. The van der Waals surface area contributed by atoms with Crippen LogP contribution in [0.25, 0.3) is 0 Å². The minimum Gasteiger partial charge on any atom is -0.396 e. The Kier molecular flexibility index (Phi) is 2.58. The van der Waals surface area contributed by atoms with Gasteiger partial charge in [-0.1, -0.05) is 12.8 Å². The van der Waals surface area contributed by atoms with Gasteiger partial charge in [0.1, 0.15) is 0 Å². The van der Waals surface area contributed by atoms with Crippen molar-refractivity contribution in [1.82, 2.24) is 4.90 Å². The molecule has 0 bridgehead atoms. The average Bonchev–Trinajstić information content (AvgIpc) is 2.51. The third kappa shape index (κ3) is 1.23. The van der Waals surface area contributed by atoms with Crippen LogP contribution in [0.3, 0.4) is 0 Å². The molecule has 0 aromatic carbocycles. The van der Waals surface area contributed by atoms with E-state index in [1.54, 1.807) is 0 Å². The van der Waals surface area contributed by atoms with E-state index in [1.807, 2.05) is 0 Å². The van der Waals surface area contributed by atoms with E-state index < -0.39 is 0 Å². The van der Waals surface area contributed by atoms with Gasteiger partial charge in [0.25, 0.3) is 0 Å². The molecule has 0 amide bonds. The molecular weight excluding hydrogens is 178 g/mol. The average molecular weight is 199 g/mol. The topological polar surface area (TPSA) is 43.7 Å². The van der Waals surface area contributed by atoms with Gasteiger partial charge in [0, 0.05) is 23.9 Å². The Labute approximate surface area is 85.7 Å². The maximum absolute atomic E-state index is 9.63. The molecular formula is C11H21NO2. The van der Waals surface area contributed by atoms with Crippen molar-refractivity contribution >= 4 is 0 Å². The Balaban J connectivity index is 2.30. The summed E-state index contributed by atoms with van der Waals surface area (Å²) in [4.78, 5) is 2.26. The fourth-order valence-electron chi connectivity index (χ4n) is 3.63. The first-order chi connectivity index (χ1) is 6.68. The second kappa shape index (κ2) is 3.47. The zero-order valence-electron chi connectivity index (χ0n) is 9.00. The van der Waals surface area contributed by atoms with Crippen LogP contribution in [0.15, 0.2) is 0 Å². The highest BCUT2D eigenvalue weighted by atomic mass is 16.3.